The van der Waals surface area contributed by atoms with Gasteiger partial charge in [0.2, 0.25) is 17.8 Å². The molecule has 1 aliphatic rings. The summed E-state index contributed by atoms with van der Waals surface area (Å²) in [6.07, 6.45) is 2.17. The lowest BCUT2D eigenvalue weighted by atomic mass is 10.00. The maximum atomic E-state index is 5.83. The first-order chi connectivity index (χ1) is 10.0. The fourth-order valence-electron chi connectivity index (χ4n) is 2.62. The number of nitrogens with two attached hydrogens (primary N) is 1. The van der Waals surface area contributed by atoms with Crippen molar-refractivity contribution in [2.45, 2.75) is 19.8 Å². The Morgan fingerprint density at radius 1 is 1.19 bits per heavy atom. The van der Waals surface area contributed by atoms with Crippen LogP contribution >= 0.6 is 0 Å². The van der Waals surface area contributed by atoms with Crippen molar-refractivity contribution in [1.29, 1.82) is 0 Å². The molecule has 0 aliphatic carbocycles. The highest BCUT2D eigenvalue weighted by molar-refractivity contribution is 5.65. The third-order valence-electron chi connectivity index (χ3n) is 3.62. The van der Waals surface area contributed by atoms with Crippen LogP contribution in [0.1, 0.15) is 17.5 Å². The van der Waals surface area contributed by atoms with Gasteiger partial charge in [0.25, 0.3) is 0 Å². The number of aryl methyl sites for hydroxylation is 2. The normalized spacial score (nSPS) is 14.0. The lowest BCUT2D eigenvalue weighted by Crippen LogP contribution is -2.27. The minimum Gasteiger partial charge on any atom is -0.368 e. The van der Waals surface area contributed by atoms with Gasteiger partial charge in [0.15, 0.2) is 0 Å². The topological polar surface area (TPSA) is 71.2 Å². The summed E-state index contributed by atoms with van der Waals surface area (Å²) in [5.41, 5.74) is 9.62. The zero-order valence-corrected chi connectivity index (χ0v) is 12.7. The van der Waals surface area contributed by atoms with E-state index in [2.05, 4.69) is 45.0 Å². The zero-order valence-electron chi connectivity index (χ0n) is 12.7. The van der Waals surface area contributed by atoms with E-state index in [1.165, 1.54) is 16.8 Å². The average Bonchev–Trinajstić information content (AvgIpc) is 2.45. The summed E-state index contributed by atoms with van der Waals surface area (Å²) < 4.78 is 0. The van der Waals surface area contributed by atoms with Gasteiger partial charge in [-0.05, 0) is 31.4 Å². The minimum absolute atomic E-state index is 0.253. The van der Waals surface area contributed by atoms with E-state index in [4.69, 9.17) is 5.73 Å². The third kappa shape index (κ3) is 2.61. The largest absolute Gasteiger partial charge is 0.368 e. The molecule has 2 aromatic rings. The van der Waals surface area contributed by atoms with Crippen LogP contribution in [0.15, 0.2) is 18.2 Å². The Labute approximate surface area is 124 Å². The summed E-state index contributed by atoms with van der Waals surface area (Å²) in [6, 6.07) is 6.49. The van der Waals surface area contributed by atoms with Crippen molar-refractivity contribution in [1.82, 2.24) is 15.0 Å². The van der Waals surface area contributed by atoms with Crippen LogP contribution in [0.4, 0.5) is 23.5 Å². The molecular formula is C15H20N6. The highest BCUT2D eigenvalue weighted by Crippen LogP contribution is 2.32. The first-order valence-corrected chi connectivity index (χ1v) is 7.10. The molecule has 0 spiro atoms. The highest BCUT2D eigenvalue weighted by Gasteiger charge is 2.21. The molecule has 0 unspecified atom stereocenters. The van der Waals surface area contributed by atoms with E-state index in [9.17, 15) is 0 Å². The van der Waals surface area contributed by atoms with Gasteiger partial charge in [-0.2, -0.15) is 15.0 Å². The highest BCUT2D eigenvalue weighted by atomic mass is 15.3. The Morgan fingerprint density at radius 3 is 2.76 bits per heavy atom. The van der Waals surface area contributed by atoms with Gasteiger partial charge < -0.3 is 15.5 Å². The molecule has 110 valence electrons. The SMILES string of the molecule is Cc1ccc2c(c1)CCCN2c1nc(N)nc(N(C)C)n1. The Kier molecular flexibility index (Phi) is 3.37. The van der Waals surface area contributed by atoms with Gasteiger partial charge in [-0.1, -0.05) is 17.7 Å². The Morgan fingerprint density at radius 2 is 2.00 bits per heavy atom. The van der Waals surface area contributed by atoms with Crippen LogP contribution in [-0.4, -0.2) is 35.6 Å². The molecule has 0 amide bonds. The summed E-state index contributed by atoms with van der Waals surface area (Å²) in [5.74, 6) is 1.45. The van der Waals surface area contributed by atoms with E-state index in [0.29, 0.717) is 11.9 Å². The van der Waals surface area contributed by atoms with Gasteiger partial charge in [0.1, 0.15) is 0 Å². The molecule has 21 heavy (non-hydrogen) atoms. The van der Waals surface area contributed by atoms with Crippen molar-refractivity contribution in [2.24, 2.45) is 0 Å². The molecule has 0 atom stereocenters. The zero-order chi connectivity index (χ0) is 15.0. The number of hydrogen-bond donors (Lipinski definition) is 1. The molecule has 0 fully saturated rings. The minimum atomic E-state index is 0.253. The van der Waals surface area contributed by atoms with Crippen molar-refractivity contribution in [3.8, 4) is 0 Å². The second-order valence-electron chi connectivity index (χ2n) is 5.58. The molecular weight excluding hydrogens is 264 g/mol. The first kappa shape index (κ1) is 13.6. The van der Waals surface area contributed by atoms with Gasteiger partial charge in [-0.15, -0.1) is 0 Å². The maximum absolute atomic E-state index is 5.83. The van der Waals surface area contributed by atoms with Crippen LogP contribution in [0.3, 0.4) is 0 Å². The summed E-state index contributed by atoms with van der Waals surface area (Å²) >= 11 is 0. The van der Waals surface area contributed by atoms with Crippen molar-refractivity contribution < 1.29 is 0 Å². The monoisotopic (exact) mass is 284 g/mol. The second kappa shape index (κ2) is 5.20. The van der Waals surface area contributed by atoms with Crippen molar-refractivity contribution in [3.63, 3.8) is 0 Å². The lowest BCUT2D eigenvalue weighted by Gasteiger charge is -2.30. The molecule has 2 N–H and O–H groups in total. The number of nitrogen functional groups attached to an aromatic ring is 1. The smallest absolute Gasteiger partial charge is 0.236 e. The van der Waals surface area contributed by atoms with E-state index in [1.54, 1.807) is 0 Å². The van der Waals surface area contributed by atoms with Gasteiger partial charge >= 0.3 is 0 Å². The maximum Gasteiger partial charge on any atom is 0.236 e. The van der Waals surface area contributed by atoms with E-state index >= 15 is 0 Å². The van der Waals surface area contributed by atoms with E-state index in [0.717, 1.165) is 19.4 Å². The summed E-state index contributed by atoms with van der Waals surface area (Å²) in [5, 5.41) is 0. The number of hydrogen-bond acceptors (Lipinski definition) is 6. The number of rotatable bonds is 2. The molecule has 1 aromatic heterocycles. The van der Waals surface area contributed by atoms with Crippen LogP contribution < -0.4 is 15.5 Å². The van der Waals surface area contributed by atoms with Gasteiger partial charge in [0.05, 0.1) is 0 Å². The van der Waals surface area contributed by atoms with Crippen LogP contribution in [0.2, 0.25) is 0 Å². The lowest BCUT2D eigenvalue weighted by molar-refractivity contribution is 0.746. The Hall–Kier alpha value is -2.37. The molecule has 3 rings (SSSR count). The number of benzene rings is 1. The summed E-state index contributed by atoms with van der Waals surface area (Å²) in [4.78, 5) is 17.0. The molecule has 6 nitrogen and oxygen atoms in total. The van der Waals surface area contributed by atoms with E-state index in [1.807, 2.05) is 19.0 Å². The van der Waals surface area contributed by atoms with Crippen molar-refractivity contribution in [3.05, 3.63) is 29.3 Å². The molecule has 2 heterocycles. The van der Waals surface area contributed by atoms with Gasteiger partial charge in [-0.25, -0.2) is 0 Å². The molecule has 6 heteroatoms. The van der Waals surface area contributed by atoms with Crippen molar-refractivity contribution >= 4 is 23.5 Å². The Bertz CT molecular complexity index is 667. The fourth-order valence-corrected chi connectivity index (χ4v) is 2.62. The molecule has 0 saturated carbocycles. The molecule has 1 aromatic carbocycles. The van der Waals surface area contributed by atoms with E-state index in [-0.39, 0.29) is 5.95 Å². The first-order valence-electron chi connectivity index (χ1n) is 7.10. The van der Waals surface area contributed by atoms with Crippen LogP contribution in [0.5, 0.6) is 0 Å². The Balaban J connectivity index is 2.06. The van der Waals surface area contributed by atoms with Crippen LogP contribution in [-0.2, 0) is 6.42 Å². The third-order valence-corrected chi connectivity index (χ3v) is 3.62. The second-order valence-corrected chi connectivity index (χ2v) is 5.58. The fraction of sp³-hybridized carbons (Fsp3) is 0.400. The predicted molar refractivity (Wildman–Crippen MR) is 85.1 cm³/mol. The summed E-state index contributed by atoms with van der Waals surface area (Å²) in [6.45, 7) is 3.01. The number of nitrogens with zero attached hydrogens (tertiary/aromatic N) is 5. The van der Waals surface area contributed by atoms with Crippen LogP contribution in [0.25, 0.3) is 0 Å². The van der Waals surface area contributed by atoms with Crippen LogP contribution in [0, 0.1) is 6.92 Å². The van der Waals surface area contributed by atoms with E-state index < -0.39 is 0 Å². The van der Waals surface area contributed by atoms with Gasteiger partial charge in [0, 0.05) is 26.3 Å². The van der Waals surface area contributed by atoms with Crippen molar-refractivity contribution in [2.75, 3.05) is 36.2 Å². The number of aromatic nitrogens is 3. The molecule has 0 radical (unpaired) electrons. The predicted octanol–water partition coefficient (Wildman–Crippen LogP) is 1.91. The molecule has 0 bridgehead atoms. The summed E-state index contributed by atoms with van der Waals surface area (Å²) in [7, 11) is 3.79. The average molecular weight is 284 g/mol. The molecule has 0 saturated heterocycles. The number of anilines is 4. The number of fused-ring (bicyclic) bond motifs is 1. The van der Waals surface area contributed by atoms with Gasteiger partial charge in [-0.3, -0.25) is 0 Å². The molecule has 1 aliphatic heterocycles. The standard InChI is InChI=1S/C15H20N6/c1-10-6-7-12-11(9-10)5-4-8-21(12)15-18-13(16)17-14(19-15)20(2)3/h6-7,9H,4-5,8H2,1-3H3,(H2,16,17,18,19). The quantitative estimate of drug-likeness (QED) is 0.908.